The van der Waals surface area contributed by atoms with E-state index in [1.165, 1.54) is 0 Å². The molecule has 3 heteroatoms. The van der Waals surface area contributed by atoms with E-state index in [9.17, 15) is 4.79 Å². The number of ether oxygens (including phenoxy) is 1. The lowest BCUT2D eigenvalue weighted by Crippen LogP contribution is -2.07. The van der Waals surface area contributed by atoms with Crippen LogP contribution in [-0.2, 0) is 17.8 Å². The zero-order chi connectivity index (χ0) is 13.1. The normalized spacial score (nSPS) is 11.3. The van der Waals surface area contributed by atoms with Crippen molar-refractivity contribution in [2.75, 3.05) is 7.11 Å². The zero-order valence-electron chi connectivity index (χ0n) is 11.1. The van der Waals surface area contributed by atoms with Crippen molar-refractivity contribution in [3.05, 3.63) is 45.7 Å². The van der Waals surface area contributed by atoms with E-state index in [1.54, 1.807) is 13.2 Å². The lowest BCUT2D eigenvalue weighted by atomic mass is 10.1. The number of hydrogen-bond acceptors (Lipinski definition) is 2. The first-order chi connectivity index (χ1) is 8.60. The lowest BCUT2D eigenvalue weighted by Gasteiger charge is -2.08. The van der Waals surface area contributed by atoms with Gasteiger partial charge in [0.1, 0.15) is 0 Å². The molecule has 96 valence electrons. The molecule has 0 aliphatic carbocycles. The van der Waals surface area contributed by atoms with Crippen molar-refractivity contribution in [2.24, 2.45) is 5.92 Å². The van der Waals surface area contributed by atoms with Crippen LogP contribution in [0.2, 0.25) is 0 Å². The van der Waals surface area contributed by atoms with Gasteiger partial charge in [0, 0.05) is 29.8 Å². The molecular formula is C15H19NO2. The maximum absolute atomic E-state index is 12.1. The number of benzene rings is 1. The molecule has 0 saturated heterocycles. The lowest BCUT2D eigenvalue weighted by molar-refractivity contribution is 0.185. The fraction of sp³-hybridized carbons (Fsp3) is 0.400. The fourth-order valence-corrected chi connectivity index (χ4v) is 2.16. The van der Waals surface area contributed by atoms with Crippen LogP contribution in [-0.4, -0.2) is 12.1 Å². The van der Waals surface area contributed by atoms with E-state index in [2.05, 4.69) is 18.8 Å². The van der Waals surface area contributed by atoms with Gasteiger partial charge in [0.25, 0.3) is 0 Å². The summed E-state index contributed by atoms with van der Waals surface area (Å²) in [5.41, 5.74) is 3.00. The molecular weight excluding hydrogens is 226 g/mol. The molecule has 0 fully saturated rings. The van der Waals surface area contributed by atoms with Crippen LogP contribution in [0.1, 0.15) is 25.1 Å². The van der Waals surface area contributed by atoms with Gasteiger partial charge in [0.15, 0.2) is 5.43 Å². The topological polar surface area (TPSA) is 42.1 Å². The molecule has 1 heterocycles. The third kappa shape index (κ3) is 2.79. The van der Waals surface area contributed by atoms with Crippen LogP contribution in [0.4, 0.5) is 0 Å². The van der Waals surface area contributed by atoms with Gasteiger partial charge in [-0.2, -0.15) is 0 Å². The quantitative estimate of drug-likeness (QED) is 0.900. The Morgan fingerprint density at radius 2 is 2.06 bits per heavy atom. The molecule has 1 N–H and O–H groups in total. The van der Waals surface area contributed by atoms with Crippen LogP contribution in [0.3, 0.4) is 0 Å². The van der Waals surface area contributed by atoms with Gasteiger partial charge in [-0.05, 0) is 30.0 Å². The molecule has 2 rings (SSSR count). The molecule has 0 bridgehead atoms. The van der Waals surface area contributed by atoms with Gasteiger partial charge in [-0.3, -0.25) is 4.79 Å². The molecule has 0 unspecified atom stereocenters. The smallest absolute Gasteiger partial charge is 0.189 e. The zero-order valence-corrected chi connectivity index (χ0v) is 11.1. The molecule has 0 saturated carbocycles. The molecule has 1 aromatic heterocycles. The van der Waals surface area contributed by atoms with E-state index < -0.39 is 0 Å². The Balaban J connectivity index is 2.48. The second kappa shape index (κ2) is 5.36. The fourth-order valence-electron chi connectivity index (χ4n) is 2.16. The number of methoxy groups -OCH3 is 1. The highest BCUT2D eigenvalue weighted by Gasteiger charge is 2.05. The summed E-state index contributed by atoms with van der Waals surface area (Å²) in [5, 5.41) is 0.733. The van der Waals surface area contributed by atoms with Gasteiger partial charge < -0.3 is 9.72 Å². The molecule has 0 aliphatic rings. The van der Waals surface area contributed by atoms with E-state index in [0.29, 0.717) is 12.5 Å². The van der Waals surface area contributed by atoms with Gasteiger partial charge in [-0.15, -0.1) is 0 Å². The van der Waals surface area contributed by atoms with Crippen molar-refractivity contribution < 1.29 is 4.74 Å². The molecule has 0 aliphatic heterocycles. The minimum atomic E-state index is 0.0809. The van der Waals surface area contributed by atoms with Gasteiger partial charge in [-0.25, -0.2) is 0 Å². The van der Waals surface area contributed by atoms with Crippen LogP contribution in [0.5, 0.6) is 0 Å². The molecule has 1 aromatic carbocycles. The first-order valence-corrected chi connectivity index (χ1v) is 6.24. The monoisotopic (exact) mass is 245 g/mol. The van der Waals surface area contributed by atoms with E-state index in [1.807, 2.05) is 18.2 Å². The first-order valence-electron chi connectivity index (χ1n) is 6.24. The summed E-state index contributed by atoms with van der Waals surface area (Å²) in [7, 11) is 1.65. The van der Waals surface area contributed by atoms with Gasteiger partial charge in [0.2, 0.25) is 0 Å². The van der Waals surface area contributed by atoms with Crippen molar-refractivity contribution in [1.82, 2.24) is 4.98 Å². The average molecular weight is 245 g/mol. The first kappa shape index (κ1) is 12.8. The highest BCUT2D eigenvalue weighted by Crippen LogP contribution is 2.13. The standard InChI is InChI=1S/C15H19NO2/c1-10(2)6-12-8-15(17)13-7-11(9-18-3)4-5-14(13)16-12/h4-5,7-8,10H,6,9H2,1-3H3,(H,16,17). The number of aromatic nitrogens is 1. The summed E-state index contributed by atoms with van der Waals surface area (Å²) in [6, 6.07) is 7.55. The maximum Gasteiger partial charge on any atom is 0.189 e. The predicted molar refractivity (Wildman–Crippen MR) is 73.8 cm³/mol. The summed E-state index contributed by atoms with van der Waals surface area (Å²) in [5.74, 6) is 0.533. The molecule has 18 heavy (non-hydrogen) atoms. The second-order valence-corrected chi connectivity index (χ2v) is 5.07. The molecule has 0 spiro atoms. The number of H-pyrrole nitrogens is 1. The van der Waals surface area contributed by atoms with Crippen molar-refractivity contribution >= 4 is 10.9 Å². The third-order valence-electron chi connectivity index (χ3n) is 2.89. The maximum atomic E-state index is 12.1. The summed E-state index contributed by atoms with van der Waals surface area (Å²) in [4.78, 5) is 15.4. The van der Waals surface area contributed by atoms with Gasteiger partial charge in [0.05, 0.1) is 6.61 Å². The predicted octanol–water partition coefficient (Wildman–Crippen LogP) is 2.87. The molecule has 3 nitrogen and oxygen atoms in total. The summed E-state index contributed by atoms with van der Waals surface area (Å²) >= 11 is 0. The van der Waals surface area contributed by atoms with Crippen molar-refractivity contribution in [2.45, 2.75) is 26.9 Å². The molecule has 0 atom stereocenters. The van der Waals surface area contributed by atoms with Crippen LogP contribution < -0.4 is 5.43 Å². The van der Waals surface area contributed by atoms with Crippen LogP contribution in [0.15, 0.2) is 29.1 Å². The largest absolute Gasteiger partial charge is 0.380 e. The Morgan fingerprint density at radius 1 is 1.28 bits per heavy atom. The summed E-state index contributed by atoms with van der Waals surface area (Å²) in [6.45, 7) is 4.82. The van der Waals surface area contributed by atoms with Crippen molar-refractivity contribution in [3.8, 4) is 0 Å². The number of pyridine rings is 1. The summed E-state index contributed by atoms with van der Waals surface area (Å²) in [6.07, 6.45) is 0.894. The number of fused-ring (bicyclic) bond motifs is 1. The van der Waals surface area contributed by atoms with Crippen LogP contribution in [0, 0.1) is 5.92 Å². The Hall–Kier alpha value is -1.61. The van der Waals surface area contributed by atoms with Crippen molar-refractivity contribution in [3.63, 3.8) is 0 Å². The number of nitrogens with one attached hydrogen (secondary N) is 1. The van der Waals surface area contributed by atoms with E-state index in [0.717, 1.165) is 28.6 Å². The Morgan fingerprint density at radius 3 is 2.72 bits per heavy atom. The molecule has 2 aromatic rings. The van der Waals surface area contributed by atoms with Crippen LogP contribution in [0.25, 0.3) is 10.9 Å². The minimum Gasteiger partial charge on any atom is -0.380 e. The van der Waals surface area contributed by atoms with E-state index in [-0.39, 0.29) is 5.43 Å². The highest BCUT2D eigenvalue weighted by atomic mass is 16.5. The number of rotatable bonds is 4. The summed E-state index contributed by atoms with van der Waals surface area (Å²) < 4.78 is 5.08. The Bertz CT molecular complexity index is 599. The minimum absolute atomic E-state index is 0.0809. The third-order valence-corrected chi connectivity index (χ3v) is 2.89. The Labute approximate surface area is 107 Å². The molecule has 0 amide bonds. The molecule has 0 radical (unpaired) electrons. The van der Waals surface area contributed by atoms with Crippen LogP contribution >= 0.6 is 0 Å². The van der Waals surface area contributed by atoms with Gasteiger partial charge in [-0.1, -0.05) is 19.9 Å². The van der Waals surface area contributed by atoms with Crippen molar-refractivity contribution in [1.29, 1.82) is 0 Å². The Kier molecular flexibility index (Phi) is 3.82. The number of hydrogen-bond donors (Lipinski definition) is 1. The van der Waals surface area contributed by atoms with E-state index in [4.69, 9.17) is 4.74 Å². The number of aromatic amines is 1. The highest BCUT2D eigenvalue weighted by molar-refractivity contribution is 5.79. The SMILES string of the molecule is COCc1ccc2[nH]c(CC(C)C)cc(=O)c2c1. The van der Waals surface area contributed by atoms with Gasteiger partial charge >= 0.3 is 0 Å². The second-order valence-electron chi connectivity index (χ2n) is 5.07. The van der Waals surface area contributed by atoms with E-state index >= 15 is 0 Å². The average Bonchev–Trinajstić information content (AvgIpc) is 2.29.